The van der Waals surface area contributed by atoms with Crippen LogP contribution in [0.2, 0.25) is 0 Å². The molecule has 2 amide bonds. The number of para-hydroxylation sites is 2. The fraction of sp³-hybridized carbons (Fsp3) is 0.333. The summed E-state index contributed by atoms with van der Waals surface area (Å²) >= 11 is 0. The van der Waals surface area contributed by atoms with Gasteiger partial charge in [0.1, 0.15) is 19.0 Å². The van der Waals surface area contributed by atoms with Gasteiger partial charge in [0.25, 0.3) is 11.8 Å². The Morgan fingerprint density at radius 1 is 0.750 bits per heavy atom. The first-order valence-corrected chi connectivity index (χ1v) is 21.6. The van der Waals surface area contributed by atoms with Gasteiger partial charge < -0.3 is 38.4 Å². The number of amides is 2. The Bertz CT molecular complexity index is 2600. The molecule has 0 radical (unpaired) electrons. The summed E-state index contributed by atoms with van der Waals surface area (Å²) in [5.41, 5.74) is 10.3. The maximum Gasteiger partial charge on any atom is 0.261 e. The van der Waals surface area contributed by atoms with Crippen LogP contribution in [0.15, 0.2) is 96.0 Å². The van der Waals surface area contributed by atoms with Crippen molar-refractivity contribution in [2.75, 3.05) is 68.8 Å². The molecule has 13 heteroatoms. The van der Waals surface area contributed by atoms with Gasteiger partial charge in [-0.2, -0.15) is 0 Å². The fourth-order valence-corrected chi connectivity index (χ4v) is 9.21. The van der Waals surface area contributed by atoms with Crippen molar-refractivity contribution in [3.8, 4) is 17.2 Å². The van der Waals surface area contributed by atoms with E-state index >= 15 is 0 Å². The molecule has 5 aromatic carbocycles. The predicted molar refractivity (Wildman–Crippen MR) is 245 cm³/mol. The number of fused-ring (bicyclic) bond motifs is 8. The molecule has 9 rings (SSSR count). The Balaban J connectivity index is 0.00000560. The molecule has 330 valence electrons. The molecule has 0 bridgehead atoms. The van der Waals surface area contributed by atoms with Crippen LogP contribution in [0.3, 0.4) is 0 Å². The van der Waals surface area contributed by atoms with E-state index in [0.717, 1.165) is 76.3 Å². The number of aliphatic imine (C=N–C) groups is 1. The molecule has 2 atom stereocenters. The quantitative estimate of drug-likeness (QED) is 0.0735. The number of benzene rings is 5. The summed E-state index contributed by atoms with van der Waals surface area (Å²) < 4.78 is 24.8. The molecule has 5 aromatic rings. The molecule has 4 aliphatic heterocycles. The van der Waals surface area contributed by atoms with Gasteiger partial charge in [-0.25, -0.2) is 6.29 Å². The third-order valence-corrected chi connectivity index (χ3v) is 12.4. The molecule has 0 saturated carbocycles. The van der Waals surface area contributed by atoms with Gasteiger partial charge in [-0.3, -0.25) is 19.5 Å². The first-order valence-electron chi connectivity index (χ1n) is 21.6. The van der Waals surface area contributed by atoms with Gasteiger partial charge in [0.05, 0.1) is 37.6 Å². The third kappa shape index (κ3) is 9.09. The summed E-state index contributed by atoms with van der Waals surface area (Å²) in [7, 11) is 5.55. The average Bonchev–Trinajstić information content (AvgIpc) is 3.78. The van der Waals surface area contributed by atoms with Crippen LogP contribution in [-0.4, -0.2) is 95.4 Å². The summed E-state index contributed by atoms with van der Waals surface area (Å²) in [6.45, 7) is 4.66. The van der Waals surface area contributed by atoms with Crippen LogP contribution in [-0.2, 0) is 63.1 Å². The molecule has 0 saturated heterocycles. The Hall–Kier alpha value is -5.81. The van der Waals surface area contributed by atoms with E-state index in [1.807, 2.05) is 115 Å². The zero-order valence-electron chi connectivity index (χ0n) is 36.7. The summed E-state index contributed by atoms with van der Waals surface area (Å²) in [5, 5.41) is 0. The van der Waals surface area contributed by atoms with Gasteiger partial charge in [0, 0.05) is 81.5 Å². The maximum atomic E-state index is 14.0. The van der Waals surface area contributed by atoms with E-state index in [0.29, 0.717) is 54.7 Å². The molecular formula is C51H52N5O7W-. The molecule has 0 aromatic heterocycles. The first-order chi connectivity index (χ1) is 30.7. The summed E-state index contributed by atoms with van der Waals surface area (Å²) in [6, 6.07) is 29.6. The van der Waals surface area contributed by atoms with E-state index in [2.05, 4.69) is 17.3 Å². The summed E-state index contributed by atoms with van der Waals surface area (Å²) in [5.74, 6) is 1.47. The van der Waals surface area contributed by atoms with E-state index in [1.165, 1.54) is 5.56 Å². The zero-order chi connectivity index (χ0) is 43.6. The van der Waals surface area contributed by atoms with E-state index in [1.54, 1.807) is 19.2 Å². The fourth-order valence-electron chi connectivity index (χ4n) is 9.21. The molecule has 12 nitrogen and oxygen atoms in total. The second kappa shape index (κ2) is 19.5. The number of anilines is 3. The second-order valence-electron chi connectivity index (χ2n) is 16.9. The van der Waals surface area contributed by atoms with E-state index in [9.17, 15) is 14.4 Å². The van der Waals surface area contributed by atoms with Crippen LogP contribution in [0.1, 0.15) is 60.5 Å². The molecule has 0 aliphatic carbocycles. The molecule has 0 N–H and O–H groups in total. The van der Waals surface area contributed by atoms with Crippen molar-refractivity contribution >= 4 is 47.1 Å². The number of methoxy groups -OCH3 is 1. The molecule has 0 fully saturated rings. The largest absolute Gasteiger partial charge is 0.540 e. The van der Waals surface area contributed by atoms with Gasteiger partial charge in [0.2, 0.25) is 0 Å². The van der Waals surface area contributed by atoms with Gasteiger partial charge in [0.15, 0.2) is 11.5 Å². The van der Waals surface area contributed by atoms with Crippen molar-refractivity contribution in [2.24, 2.45) is 4.99 Å². The van der Waals surface area contributed by atoms with Crippen molar-refractivity contribution in [2.45, 2.75) is 57.9 Å². The van der Waals surface area contributed by atoms with E-state index in [-0.39, 0.29) is 64.7 Å². The van der Waals surface area contributed by atoms with Crippen LogP contribution in [0.25, 0.3) is 0 Å². The van der Waals surface area contributed by atoms with Crippen LogP contribution >= 0.6 is 0 Å². The number of carbonyl (C=O) groups is 2. The molecule has 4 aliphatic rings. The van der Waals surface area contributed by atoms with Gasteiger partial charge in [-0.15, -0.1) is 0 Å². The minimum absolute atomic E-state index is 0. The van der Waals surface area contributed by atoms with Gasteiger partial charge >= 0.3 is 0 Å². The monoisotopic (exact) mass is 1030 g/mol. The van der Waals surface area contributed by atoms with Crippen molar-refractivity contribution in [1.29, 1.82) is 0 Å². The number of ether oxygens (including phenoxy) is 4. The number of carbonyl (C=O) groups excluding carboxylic acids is 3. The smallest absolute Gasteiger partial charge is 0.261 e. The minimum Gasteiger partial charge on any atom is -0.540 e. The van der Waals surface area contributed by atoms with Crippen LogP contribution in [0, 0.1) is 6.92 Å². The normalized spacial score (nSPS) is 16.7. The van der Waals surface area contributed by atoms with Crippen molar-refractivity contribution in [3.05, 3.63) is 136 Å². The Kier molecular flexibility index (Phi) is 13.7. The van der Waals surface area contributed by atoms with E-state index < -0.39 is 0 Å². The Labute approximate surface area is 389 Å². The summed E-state index contributed by atoms with van der Waals surface area (Å²) in [4.78, 5) is 52.5. The standard InChI is InChI=1S/C51H52N5O7.W/c1-33-21-42-36(13-14-39-25-37-9-5-7-11-45(37)55(39)50(42)58)27-47(33)62-31-34-22-35(24-40(23-34)54(15-18-57)17-20-61-19-16-53(2)3)32-63-49-29-44-43(28-48(49)60-4)51(59)56-41(30-52-44)26-38-10-6-8-12-46(38)56;/h5-12,21-24,27-30,39,41H,13-17,19-20,25-26,31-32H2,1-4H3;/q-1;/t39-,41+;/m1./s1. The number of hydrogen-bond acceptors (Lipinski definition) is 10. The predicted octanol–water partition coefficient (Wildman–Crippen LogP) is 7.46. The van der Waals surface area contributed by atoms with Crippen LogP contribution in [0.5, 0.6) is 17.2 Å². The topological polar surface area (TPSA) is 113 Å². The number of likely N-dealkylation sites (N-methyl/N-ethyl adjacent to an activating group) is 1. The van der Waals surface area contributed by atoms with Crippen LogP contribution in [0.4, 0.5) is 22.7 Å². The first kappa shape index (κ1) is 44.8. The maximum absolute atomic E-state index is 14.0. The van der Waals surface area contributed by atoms with E-state index in [4.69, 9.17) is 23.9 Å². The summed E-state index contributed by atoms with van der Waals surface area (Å²) in [6.07, 6.45) is 7.12. The molecule has 4 heterocycles. The molecule has 0 spiro atoms. The Morgan fingerprint density at radius 2 is 1.42 bits per heavy atom. The number of aryl methyl sites for hydroxylation is 2. The molecule has 0 unspecified atom stereocenters. The van der Waals surface area contributed by atoms with Gasteiger partial charge in [-0.1, -0.05) is 42.9 Å². The second-order valence-corrected chi connectivity index (χ2v) is 16.9. The zero-order valence-corrected chi connectivity index (χ0v) is 39.6. The number of hydrogen-bond donors (Lipinski definition) is 0. The number of rotatable bonds is 16. The third-order valence-electron chi connectivity index (χ3n) is 12.4. The van der Waals surface area contributed by atoms with Crippen molar-refractivity contribution < 1.29 is 54.4 Å². The van der Waals surface area contributed by atoms with Crippen molar-refractivity contribution in [1.82, 2.24) is 4.90 Å². The van der Waals surface area contributed by atoms with Crippen LogP contribution < -0.4 is 28.9 Å². The molecule has 64 heavy (non-hydrogen) atoms. The molecular weight excluding hydrogens is 978 g/mol. The Morgan fingerprint density at radius 3 is 2.14 bits per heavy atom. The van der Waals surface area contributed by atoms with Gasteiger partial charge in [-0.05, 0) is 122 Å². The SMILES string of the molecule is COc1cc2c(cc1OCc1cc(COc3cc4c(cc3C)C(=O)N3c5ccccc5C[C@H]3CC4)cc(N(C[C-]=O)CCOCCN(C)C)c1)N=C[C@@H]1Cc3ccccc3N1C2=O.[W]. The minimum atomic E-state index is -0.182. The number of nitrogens with zero attached hydrogens (tertiary/aromatic N) is 5. The average molecular weight is 1030 g/mol. The van der Waals surface area contributed by atoms with Crippen molar-refractivity contribution in [3.63, 3.8) is 0 Å².